The van der Waals surface area contributed by atoms with Gasteiger partial charge in [-0.15, -0.1) is 0 Å². The van der Waals surface area contributed by atoms with Crippen molar-refractivity contribution in [2.45, 2.75) is 71.5 Å². The molecule has 0 saturated heterocycles. The van der Waals surface area contributed by atoms with Crippen LogP contribution in [-0.2, 0) is 13.0 Å². The number of aromatic nitrogens is 2. The molecule has 1 fully saturated rings. The molecule has 63 heavy (non-hydrogen) atoms. The zero-order valence-corrected chi connectivity index (χ0v) is 36.4. The van der Waals surface area contributed by atoms with E-state index in [9.17, 15) is 0 Å². The quantitative estimate of drug-likeness (QED) is 0.147. The number of aliphatic imine (C=N–C) groups is 2. The van der Waals surface area contributed by atoms with Gasteiger partial charge in [-0.25, -0.2) is 9.98 Å². The van der Waals surface area contributed by atoms with Crippen LogP contribution in [0.3, 0.4) is 0 Å². The van der Waals surface area contributed by atoms with Crippen LogP contribution < -0.4 is 5.32 Å². The van der Waals surface area contributed by atoms with Crippen molar-refractivity contribution in [2.24, 2.45) is 27.7 Å². The van der Waals surface area contributed by atoms with Crippen molar-refractivity contribution in [1.29, 1.82) is 0 Å². The van der Waals surface area contributed by atoms with Gasteiger partial charge in [-0.05, 0) is 72.7 Å². The minimum absolute atomic E-state index is 0.0419. The van der Waals surface area contributed by atoms with Crippen molar-refractivity contribution in [2.75, 3.05) is 0 Å². The maximum Gasteiger partial charge on any atom is 0.139 e. The number of nitrogens with zero attached hydrogens (tertiary/aromatic N) is 4. The van der Waals surface area contributed by atoms with Crippen molar-refractivity contribution < 1.29 is 0 Å². The van der Waals surface area contributed by atoms with Gasteiger partial charge in [0.1, 0.15) is 17.8 Å². The Bertz CT molecular complexity index is 3030. The lowest BCUT2D eigenvalue weighted by Gasteiger charge is -2.38. The second-order valence-corrected chi connectivity index (χ2v) is 17.8. The number of fused-ring (bicyclic) bond motifs is 4. The lowest BCUT2D eigenvalue weighted by Crippen LogP contribution is -2.47. The van der Waals surface area contributed by atoms with Crippen LogP contribution in [0.25, 0.3) is 55.1 Å². The lowest BCUT2D eigenvalue weighted by molar-refractivity contribution is 0.350. The van der Waals surface area contributed by atoms with Crippen LogP contribution in [0.2, 0.25) is 0 Å². The topological polar surface area (TPSA) is 46.6 Å². The number of para-hydroxylation sites is 4. The summed E-state index contributed by atoms with van der Waals surface area (Å²) in [7, 11) is 0. The number of hydrogen-bond acceptors (Lipinski definition) is 3. The number of aryl methyl sites for hydroxylation is 1. The molecule has 5 heteroatoms. The Kier molecular flexibility index (Phi) is 10.5. The minimum atomic E-state index is -0.234. The number of hydrogen-bond donors (Lipinski definition) is 1. The van der Waals surface area contributed by atoms with Crippen LogP contribution in [0, 0.1) is 24.7 Å². The van der Waals surface area contributed by atoms with Gasteiger partial charge in [-0.1, -0.05) is 178 Å². The van der Waals surface area contributed by atoms with E-state index < -0.39 is 0 Å². The molecular formula is C58H55N5. The van der Waals surface area contributed by atoms with E-state index in [2.05, 4.69) is 198 Å². The van der Waals surface area contributed by atoms with Crippen LogP contribution in [0.1, 0.15) is 67.8 Å². The van der Waals surface area contributed by atoms with Gasteiger partial charge in [0.15, 0.2) is 0 Å². The van der Waals surface area contributed by atoms with E-state index >= 15 is 0 Å². The normalized spacial score (nSPS) is 19.3. The molecule has 6 aromatic carbocycles. The fourth-order valence-corrected chi connectivity index (χ4v) is 11.1. The molecule has 3 heterocycles. The highest BCUT2D eigenvalue weighted by Gasteiger charge is 2.37. The molecular weight excluding hydrogens is 767 g/mol. The third kappa shape index (κ3) is 7.04. The number of benzene rings is 6. The first-order valence-corrected chi connectivity index (χ1v) is 23.3. The Morgan fingerprint density at radius 1 is 0.635 bits per heavy atom. The second-order valence-electron chi connectivity index (χ2n) is 17.8. The van der Waals surface area contributed by atoms with Crippen molar-refractivity contribution in [3.05, 3.63) is 192 Å². The molecule has 0 radical (unpaired) electrons. The average molecular weight is 822 g/mol. The Labute approximate surface area is 371 Å². The van der Waals surface area contributed by atoms with Crippen LogP contribution in [0.15, 0.2) is 180 Å². The molecule has 3 aliphatic rings. The summed E-state index contributed by atoms with van der Waals surface area (Å²) in [5, 5.41) is 8.02. The van der Waals surface area contributed by atoms with Gasteiger partial charge in [-0.3, -0.25) is 0 Å². The predicted octanol–water partition coefficient (Wildman–Crippen LogP) is 13.9. The highest BCUT2D eigenvalue weighted by Crippen LogP contribution is 2.42. The van der Waals surface area contributed by atoms with Gasteiger partial charge < -0.3 is 14.5 Å². The van der Waals surface area contributed by atoms with Gasteiger partial charge in [0.05, 0.1) is 11.2 Å². The fraction of sp³-hybridized carbons (Fsp3) is 0.241. The van der Waals surface area contributed by atoms with Gasteiger partial charge in [0.2, 0.25) is 0 Å². The van der Waals surface area contributed by atoms with Crippen molar-refractivity contribution >= 4 is 50.0 Å². The van der Waals surface area contributed by atoms with E-state index in [-0.39, 0.29) is 18.0 Å². The fourth-order valence-electron chi connectivity index (χ4n) is 11.1. The number of amidine groups is 2. The third-order valence-corrected chi connectivity index (χ3v) is 14.1. The Hall–Kier alpha value is -6.72. The highest BCUT2D eigenvalue weighted by molar-refractivity contribution is 6.12. The molecule has 2 aliphatic carbocycles. The van der Waals surface area contributed by atoms with Crippen molar-refractivity contribution in [3.63, 3.8) is 0 Å². The van der Waals surface area contributed by atoms with Crippen molar-refractivity contribution in [3.8, 4) is 16.8 Å². The minimum Gasteiger partial charge on any atom is -0.347 e. The molecule has 3 atom stereocenters. The number of rotatable bonds is 10. The summed E-state index contributed by atoms with van der Waals surface area (Å²) in [4.78, 5) is 11.4. The first-order chi connectivity index (χ1) is 31.2. The van der Waals surface area contributed by atoms with E-state index in [0.29, 0.717) is 5.92 Å². The summed E-state index contributed by atoms with van der Waals surface area (Å²) in [6, 6.07) is 55.5. The first-order valence-electron chi connectivity index (χ1n) is 23.3. The molecule has 1 saturated carbocycles. The Balaban J connectivity index is 1.10. The molecule has 0 bridgehead atoms. The molecule has 5 nitrogen and oxygen atoms in total. The molecule has 1 aliphatic heterocycles. The molecule has 3 unspecified atom stereocenters. The standard InChI is InChI=1S/C58H55N5/c1-3-21-51-39(2)43-28-13-18-37-54(43)63(51)55-45(41-24-9-5-10-25-41)32-20-34-49(55)58-60-56(42-26-11-6-12-27-42)59-57(61-58)48-33-19-31-44(40-22-7-4-8-23-40)50(48)38-62-52-35-16-14-29-46(52)47-30-15-17-36-53(47)62/h4-5,7-10,13-20,22-25,28-37,42,48,50,57H,3,6,11-12,21,26-27,38H2,1-2H3,(H,59,60,61). The van der Waals surface area contributed by atoms with Crippen LogP contribution in [0.5, 0.6) is 0 Å². The molecule has 0 amide bonds. The van der Waals surface area contributed by atoms with E-state index in [1.807, 2.05) is 0 Å². The molecule has 0 spiro atoms. The predicted molar refractivity (Wildman–Crippen MR) is 265 cm³/mol. The SMILES string of the molecule is CCCc1c(C)c2ccccc2n1-c1c(C2=NC(C3CCCCC3)=NC(C3C=CC=C(c4ccccc4)C3Cn3c4ccccc4c4ccccc43)N2)cccc1-c1ccccc1. The zero-order chi connectivity index (χ0) is 42.3. The zero-order valence-electron chi connectivity index (χ0n) is 36.4. The molecule has 8 aromatic rings. The maximum atomic E-state index is 5.74. The van der Waals surface area contributed by atoms with Gasteiger partial charge >= 0.3 is 0 Å². The van der Waals surface area contributed by atoms with Crippen molar-refractivity contribution in [1.82, 2.24) is 14.5 Å². The lowest BCUT2D eigenvalue weighted by atomic mass is 9.77. The van der Waals surface area contributed by atoms with E-state index in [1.54, 1.807) is 0 Å². The second kappa shape index (κ2) is 16.9. The monoisotopic (exact) mass is 821 g/mol. The summed E-state index contributed by atoms with van der Waals surface area (Å²) in [6.45, 7) is 5.41. The molecule has 11 rings (SSSR count). The Morgan fingerprint density at radius 2 is 1.25 bits per heavy atom. The van der Waals surface area contributed by atoms with E-state index in [4.69, 9.17) is 9.98 Å². The summed E-state index contributed by atoms with van der Waals surface area (Å²) >= 11 is 0. The van der Waals surface area contributed by atoms with Crippen LogP contribution in [-0.4, -0.2) is 27.0 Å². The van der Waals surface area contributed by atoms with Gasteiger partial charge in [0, 0.05) is 68.3 Å². The number of allylic oxidation sites excluding steroid dienone is 3. The first kappa shape index (κ1) is 39.1. The van der Waals surface area contributed by atoms with E-state index in [1.165, 1.54) is 91.2 Å². The summed E-state index contributed by atoms with van der Waals surface area (Å²) in [5.41, 5.74) is 13.8. The van der Waals surface area contributed by atoms with E-state index in [0.717, 1.165) is 49.5 Å². The highest BCUT2D eigenvalue weighted by atomic mass is 15.2. The van der Waals surface area contributed by atoms with Gasteiger partial charge in [-0.2, -0.15) is 0 Å². The third-order valence-electron chi connectivity index (χ3n) is 14.1. The maximum absolute atomic E-state index is 5.74. The molecule has 1 N–H and O–H groups in total. The summed E-state index contributed by atoms with van der Waals surface area (Å²) in [6.07, 6.45) is 14.8. The average Bonchev–Trinajstić information content (AvgIpc) is 3.82. The van der Waals surface area contributed by atoms with Crippen LogP contribution >= 0.6 is 0 Å². The summed E-state index contributed by atoms with van der Waals surface area (Å²) in [5.74, 6) is 2.41. The molecule has 312 valence electrons. The Morgan fingerprint density at radius 3 is 1.95 bits per heavy atom. The largest absolute Gasteiger partial charge is 0.347 e. The van der Waals surface area contributed by atoms with Crippen LogP contribution in [0.4, 0.5) is 0 Å². The number of nitrogens with one attached hydrogen (secondary N) is 1. The smallest absolute Gasteiger partial charge is 0.139 e. The summed E-state index contributed by atoms with van der Waals surface area (Å²) < 4.78 is 5.14. The van der Waals surface area contributed by atoms with Gasteiger partial charge in [0.25, 0.3) is 0 Å². The molecule has 2 aromatic heterocycles.